The Labute approximate surface area is 151 Å². The number of rotatable bonds is 9. The zero-order valence-electron chi connectivity index (χ0n) is 15.5. The molecule has 2 aromatic rings. The number of carbonyl (C=O) groups is 1. The van der Waals surface area contributed by atoms with Crippen LogP contribution in [0.25, 0.3) is 0 Å². The number of likely N-dealkylation sites (N-methyl/N-ethyl adjacent to an activating group) is 2. The third-order valence-corrected chi connectivity index (χ3v) is 4.24. The molecule has 0 aliphatic carbocycles. The Bertz CT molecular complexity index is 655. The van der Waals surface area contributed by atoms with Gasteiger partial charge < -0.3 is 15.1 Å². The van der Waals surface area contributed by atoms with Crippen molar-refractivity contribution in [1.82, 2.24) is 10.2 Å². The minimum Gasteiger partial charge on any atom is -0.373 e. The summed E-state index contributed by atoms with van der Waals surface area (Å²) in [4.78, 5) is 16.6. The molecule has 0 unspecified atom stereocenters. The maximum Gasteiger partial charge on any atom is 0.220 e. The Morgan fingerprint density at radius 2 is 1.60 bits per heavy atom. The van der Waals surface area contributed by atoms with Gasteiger partial charge in [0.25, 0.3) is 0 Å². The van der Waals surface area contributed by atoms with Crippen LogP contribution in [0.1, 0.15) is 17.5 Å². The van der Waals surface area contributed by atoms with Gasteiger partial charge in [-0.1, -0.05) is 48.5 Å². The van der Waals surface area contributed by atoms with E-state index in [9.17, 15) is 4.79 Å². The Hall–Kier alpha value is -2.33. The zero-order valence-corrected chi connectivity index (χ0v) is 15.5. The van der Waals surface area contributed by atoms with Crippen molar-refractivity contribution in [2.24, 2.45) is 0 Å². The van der Waals surface area contributed by atoms with E-state index in [1.165, 1.54) is 11.3 Å². The highest BCUT2D eigenvalue weighted by Gasteiger charge is 2.09. The molecule has 2 rings (SSSR count). The Balaban J connectivity index is 1.86. The van der Waals surface area contributed by atoms with Gasteiger partial charge in [-0.25, -0.2) is 0 Å². The summed E-state index contributed by atoms with van der Waals surface area (Å²) in [6, 6.07) is 18.3. The molecule has 0 saturated carbocycles. The quantitative estimate of drug-likeness (QED) is 0.763. The van der Waals surface area contributed by atoms with Gasteiger partial charge in [-0.05, 0) is 37.7 Å². The molecule has 0 bridgehead atoms. The molecule has 134 valence electrons. The maximum atomic E-state index is 12.2. The molecule has 25 heavy (non-hydrogen) atoms. The highest BCUT2D eigenvalue weighted by Crippen LogP contribution is 2.20. The van der Waals surface area contributed by atoms with Crippen molar-refractivity contribution in [2.45, 2.75) is 19.4 Å². The second-order valence-corrected chi connectivity index (χ2v) is 6.62. The molecule has 0 spiro atoms. The fourth-order valence-electron chi connectivity index (χ4n) is 2.70. The van der Waals surface area contributed by atoms with Gasteiger partial charge in [0.05, 0.1) is 0 Å². The molecule has 0 aromatic heterocycles. The predicted octanol–water partition coefficient (Wildman–Crippen LogP) is 2.93. The van der Waals surface area contributed by atoms with E-state index in [1.54, 1.807) is 0 Å². The molecule has 0 heterocycles. The number of hydrogen-bond donors (Lipinski definition) is 1. The lowest BCUT2D eigenvalue weighted by atomic mass is 10.1. The van der Waals surface area contributed by atoms with E-state index in [1.807, 2.05) is 36.4 Å². The van der Waals surface area contributed by atoms with E-state index in [0.29, 0.717) is 13.0 Å². The molecular formula is C21H29N3O. The molecular weight excluding hydrogens is 310 g/mol. The van der Waals surface area contributed by atoms with E-state index < -0.39 is 0 Å². The second-order valence-electron chi connectivity index (χ2n) is 6.62. The summed E-state index contributed by atoms with van der Waals surface area (Å²) in [7, 11) is 6.27. The van der Waals surface area contributed by atoms with Gasteiger partial charge >= 0.3 is 0 Å². The number of anilines is 1. The van der Waals surface area contributed by atoms with Crippen LogP contribution in [-0.2, 0) is 17.8 Å². The molecule has 0 radical (unpaired) electrons. The second kappa shape index (κ2) is 9.84. The molecule has 0 aliphatic rings. The van der Waals surface area contributed by atoms with Gasteiger partial charge in [-0.2, -0.15) is 0 Å². The highest BCUT2D eigenvalue weighted by atomic mass is 16.1. The van der Waals surface area contributed by atoms with Crippen LogP contribution in [0.5, 0.6) is 0 Å². The van der Waals surface area contributed by atoms with Gasteiger partial charge in [-0.3, -0.25) is 4.79 Å². The molecule has 1 N–H and O–H groups in total. The van der Waals surface area contributed by atoms with Crippen LogP contribution in [0.2, 0.25) is 0 Å². The summed E-state index contributed by atoms with van der Waals surface area (Å²) in [5.74, 6) is 0.0922. The average Bonchev–Trinajstić information content (AvgIpc) is 2.63. The number of carbonyl (C=O) groups excluding carboxylic acids is 1. The molecule has 0 saturated heterocycles. The maximum absolute atomic E-state index is 12.2. The third-order valence-electron chi connectivity index (χ3n) is 4.24. The van der Waals surface area contributed by atoms with Crippen LogP contribution in [0.4, 0.5) is 5.69 Å². The van der Waals surface area contributed by atoms with Crippen LogP contribution < -0.4 is 10.2 Å². The fraction of sp³-hybridized carbons (Fsp3) is 0.381. The van der Waals surface area contributed by atoms with Gasteiger partial charge in [0.1, 0.15) is 0 Å². The molecule has 0 atom stereocenters. The third kappa shape index (κ3) is 6.59. The van der Waals surface area contributed by atoms with E-state index in [2.05, 4.69) is 54.5 Å². The topological polar surface area (TPSA) is 35.6 Å². The lowest BCUT2D eigenvalue weighted by Crippen LogP contribution is -2.29. The number of amides is 1. The molecule has 2 aromatic carbocycles. The molecule has 4 heteroatoms. The predicted molar refractivity (Wildman–Crippen MR) is 105 cm³/mol. The van der Waals surface area contributed by atoms with Crippen LogP contribution in [-0.4, -0.2) is 45.0 Å². The zero-order chi connectivity index (χ0) is 18.1. The van der Waals surface area contributed by atoms with Crippen molar-refractivity contribution in [1.29, 1.82) is 0 Å². The van der Waals surface area contributed by atoms with Crippen molar-refractivity contribution in [3.8, 4) is 0 Å². The van der Waals surface area contributed by atoms with E-state index in [-0.39, 0.29) is 5.91 Å². The molecule has 1 amide bonds. The summed E-state index contributed by atoms with van der Waals surface area (Å²) in [5, 5.41) is 3.00. The number of hydrogen-bond acceptors (Lipinski definition) is 3. The number of aryl methyl sites for hydroxylation is 1. The van der Waals surface area contributed by atoms with Crippen LogP contribution in [0.3, 0.4) is 0 Å². The number of nitrogens with zero attached hydrogens (tertiary/aromatic N) is 2. The number of para-hydroxylation sites is 1. The fourth-order valence-corrected chi connectivity index (χ4v) is 2.70. The minimum absolute atomic E-state index is 0.0922. The molecule has 0 fully saturated rings. The smallest absolute Gasteiger partial charge is 0.220 e. The van der Waals surface area contributed by atoms with E-state index >= 15 is 0 Å². The monoisotopic (exact) mass is 339 g/mol. The van der Waals surface area contributed by atoms with Crippen LogP contribution in [0.15, 0.2) is 54.6 Å². The number of benzene rings is 2. The lowest BCUT2D eigenvalue weighted by Gasteiger charge is -2.24. The van der Waals surface area contributed by atoms with Crippen molar-refractivity contribution in [2.75, 3.05) is 39.1 Å². The van der Waals surface area contributed by atoms with E-state index in [0.717, 1.165) is 25.1 Å². The Kier molecular flexibility index (Phi) is 7.48. The van der Waals surface area contributed by atoms with Crippen molar-refractivity contribution in [3.05, 3.63) is 65.7 Å². The number of nitrogens with one attached hydrogen (secondary N) is 1. The lowest BCUT2D eigenvalue weighted by molar-refractivity contribution is -0.121. The van der Waals surface area contributed by atoms with Gasteiger partial charge in [0.15, 0.2) is 0 Å². The summed E-state index contributed by atoms with van der Waals surface area (Å²) >= 11 is 0. The van der Waals surface area contributed by atoms with Crippen LogP contribution in [0, 0.1) is 0 Å². The summed E-state index contributed by atoms with van der Waals surface area (Å²) in [6.07, 6.45) is 1.26. The van der Waals surface area contributed by atoms with Gasteiger partial charge in [-0.15, -0.1) is 0 Å². The molecule has 4 nitrogen and oxygen atoms in total. The van der Waals surface area contributed by atoms with Gasteiger partial charge in [0, 0.05) is 38.8 Å². The van der Waals surface area contributed by atoms with E-state index in [4.69, 9.17) is 0 Å². The first-order valence-electron chi connectivity index (χ1n) is 8.80. The summed E-state index contributed by atoms with van der Waals surface area (Å²) < 4.78 is 0. The summed E-state index contributed by atoms with van der Waals surface area (Å²) in [6.45, 7) is 2.55. The molecule has 0 aliphatic heterocycles. The largest absolute Gasteiger partial charge is 0.373 e. The Morgan fingerprint density at radius 3 is 2.32 bits per heavy atom. The highest BCUT2D eigenvalue weighted by molar-refractivity contribution is 5.76. The first-order chi connectivity index (χ1) is 12.1. The summed E-state index contributed by atoms with van der Waals surface area (Å²) in [5.41, 5.74) is 3.55. The van der Waals surface area contributed by atoms with Crippen molar-refractivity contribution < 1.29 is 4.79 Å². The SMILES string of the molecule is CN(C)CCN(C)c1ccccc1CCC(=O)NCc1ccccc1. The first-order valence-corrected chi connectivity index (χ1v) is 8.80. The van der Waals surface area contributed by atoms with Crippen molar-refractivity contribution >= 4 is 11.6 Å². The normalized spacial score (nSPS) is 10.7. The standard InChI is InChI=1S/C21H29N3O/c1-23(2)15-16-24(3)20-12-8-7-11-19(20)13-14-21(25)22-17-18-9-5-4-6-10-18/h4-12H,13-17H2,1-3H3,(H,22,25). The minimum atomic E-state index is 0.0922. The van der Waals surface area contributed by atoms with Gasteiger partial charge in [0.2, 0.25) is 5.91 Å². The Morgan fingerprint density at radius 1 is 0.920 bits per heavy atom. The first kappa shape index (κ1) is 19.0. The van der Waals surface area contributed by atoms with Crippen molar-refractivity contribution in [3.63, 3.8) is 0 Å². The average molecular weight is 339 g/mol. The van der Waals surface area contributed by atoms with Crippen LogP contribution >= 0.6 is 0 Å².